The van der Waals surface area contributed by atoms with Gasteiger partial charge in [0.2, 0.25) is 0 Å². The van der Waals surface area contributed by atoms with Crippen LogP contribution in [0.1, 0.15) is 16.8 Å². The van der Waals surface area contributed by atoms with Crippen LogP contribution in [0.3, 0.4) is 0 Å². The number of aromatic nitrogens is 1. The first kappa shape index (κ1) is 22.4. The Kier molecular flexibility index (Phi) is 7.57. The van der Waals surface area contributed by atoms with Gasteiger partial charge in [-0.3, -0.25) is 14.0 Å². The highest BCUT2D eigenvalue weighted by molar-refractivity contribution is 7.46. The minimum absolute atomic E-state index is 0.0176. The fraction of sp³-hybridized carbons (Fsp3) is 0.364. The van der Waals surface area contributed by atoms with Crippen molar-refractivity contribution in [3.63, 3.8) is 0 Å². The van der Waals surface area contributed by atoms with Crippen molar-refractivity contribution in [1.82, 2.24) is 4.98 Å². The van der Waals surface area contributed by atoms with Crippen molar-refractivity contribution in [3.8, 4) is 5.75 Å². The molecule has 15 heteroatoms. The highest BCUT2D eigenvalue weighted by Crippen LogP contribution is 2.37. The van der Waals surface area contributed by atoms with Crippen molar-refractivity contribution >= 4 is 27.8 Å². The lowest BCUT2D eigenvalue weighted by atomic mass is 10.1. The highest BCUT2D eigenvalue weighted by atomic mass is 31.2. The van der Waals surface area contributed by atoms with Gasteiger partial charge in [-0.05, 0) is 6.92 Å². The number of phosphoric ester groups is 2. The van der Waals surface area contributed by atoms with Gasteiger partial charge in [0.25, 0.3) is 6.04 Å². The van der Waals surface area contributed by atoms with Gasteiger partial charge in [-0.1, -0.05) is 0 Å². The van der Waals surface area contributed by atoms with Crippen molar-refractivity contribution in [2.75, 3.05) is 6.61 Å². The molecule has 0 unspecified atom stereocenters. The number of hydrogen-bond acceptors (Lipinski definition) is 7. The molecule has 0 bridgehead atoms. The van der Waals surface area contributed by atoms with Gasteiger partial charge in [-0.15, -0.1) is 0 Å². The predicted octanol–water partition coefficient (Wildman–Crippen LogP) is -2.23. The van der Waals surface area contributed by atoms with Gasteiger partial charge in [0, 0.05) is 11.8 Å². The summed E-state index contributed by atoms with van der Waals surface area (Å²) in [5.41, 5.74) is 0.0775. The zero-order chi connectivity index (χ0) is 20.1. The molecule has 1 heterocycles. The van der Waals surface area contributed by atoms with Crippen LogP contribution in [0.25, 0.3) is 0 Å². The van der Waals surface area contributed by atoms with Gasteiger partial charge in [0.15, 0.2) is 6.21 Å². The molecular weight excluding hydrogens is 398 g/mol. The van der Waals surface area contributed by atoms with E-state index in [0.29, 0.717) is 0 Å². The summed E-state index contributed by atoms with van der Waals surface area (Å²) < 4.78 is 29.9. The van der Waals surface area contributed by atoms with E-state index in [1.54, 1.807) is 0 Å². The van der Waals surface area contributed by atoms with E-state index in [1.165, 1.54) is 6.92 Å². The smallest absolute Gasteiger partial charge is 0.469 e. The molecule has 7 N–H and O–H groups in total. The van der Waals surface area contributed by atoms with Crippen LogP contribution in [0.2, 0.25) is 0 Å². The molecule has 0 radical (unpaired) electrons. The van der Waals surface area contributed by atoms with E-state index in [4.69, 9.17) is 24.7 Å². The van der Waals surface area contributed by atoms with Gasteiger partial charge < -0.3 is 29.8 Å². The molecular formula is C11H17N2O11P2+. The van der Waals surface area contributed by atoms with E-state index in [9.17, 15) is 19.0 Å². The molecule has 146 valence electrons. The Morgan fingerprint density at radius 1 is 1.27 bits per heavy atom. The fourth-order valence-corrected chi connectivity index (χ4v) is 2.28. The van der Waals surface area contributed by atoms with Crippen LogP contribution in [0.5, 0.6) is 5.75 Å². The first-order chi connectivity index (χ1) is 11.8. The van der Waals surface area contributed by atoms with Crippen LogP contribution in [-0.4, -0.2) is 59.6 Å². The molecule has 0 aliphatic rings. The lowest BCUT2D eigenvalue weighted by Gasteiger charge is -2.10. The maximum Gasteiger partial charge on any atom is 0.469 e. The largest absolute Gasteiger partial charge is 0.505 e. The Labute approximate surface area is 146 Å². The monoisotopic (exact) mass is 415 g/mol. The van der Waals surface area contributed by atoms with E-state index >= 15 is 0 Å². The summed E-state index contributed by atoms with van der Waals surface area (Å²) in [5.74, 6) is -1.92. The Hall–Kier alpha value is -1.69. The lowest BCUT2D eigenvalue weighted by Crippen LogP contribution is -2.80. The van der Waals surface area contributed by atoms with Crippen molar-refractivity contribution in [3.05, 3.63) is 23.0 Å². The van der Waals surface area contributed by atoms with Gasteiger partial charge in [-0.25, -0.2) is 18.9 Å². The summed E-state index contributed by atoms with van der Waals surface area (Å²) in [6.07, 6.45) is 2.13. The zero-order valence-electron chi connectivity index (χ0n) is 13.2. The number of aliphatic carboxylic acids is 1. The van der Waals surface area contributed by atoms with Gasteiger partial charge in [0.05, 0.1) is 17.9 Å². The standard InChI is InChI=1S/C11H16N2O11P2/c1-6-10(14)8(7(2-12-6)4-23-25(17,18)19)3-13-9(11(15)16)5-24-26(20,21)22/h2-3,9,14H,4-5H2,1H3,(H,15,16)(H2,17,18,19)(H2,20,21,22)/p+1/t9-/m0/s1. The Morgan fingerprint density at radius 2 is 1.85 bits per heavy atom. The third kappa shape index (κ3) is 7.68. The number of hydrogen-bond donors (Lipinski definition) is 7. The summed E-state index contributed by atoms with van der Waals surface area (Å²) >= 11 is 0. The molecule has 1 atom stereocenters. The van der Waals surface area contributed by atoms with Gasteiger partial charge in [0.1, 0.15) is 12.4 Å². The van der Waals surface area contributed by atoms with Crippen LogP contribution < -0.4 is 4.99 Å². The number of rotatable bonds is 9. The molecule has 0 spiro atoms. The number of carboxylic acids is 1. The zero-order valence-corrected chi connectivity index (χ0v) is 15.0. The first-order valence-electron chi connectivity index (χ1n) is 6.70. The maximum atomic E-state index is 11.1. The van der Waals surface area contributed by atoms with Crippen LogP contribution in [-0.2, 0) is 29.6 Å². The number of carbonyl (C=O) groups is 1. The SMILES string of the molecule is Cc1ncc(COP(=O)(O)O)c(C=[NH+][C@@H](COP(=O)(O)O)C(=O)O)c1O. The van der Waals surface area contributed by atoms with Crippen LogP contribution >= 0.6 is 15.6 Å². The van der Waals surface area contributed by atoms with Crippen molar-refractivity contribution in [1.29, 1.82) is 0 Å². The maximum absolute atomic E-state index is 11.1. The number of nitrogens with zero attached hydrogens (tertiary/aromatic N) is 1. The van der Waals surface area contributed by atoms with Crippen molar-refractivity contribution < 1.29 is 57.8 Å². The first-order valence-corrected chi connectivity index (χ1v) is 9.76. The molecule has 1 aromatic rings. The summed E-state index contributed by atoms with van der Waals surface area (Å²) in [7, 11) is -9.70. The molecule has 0 saturated carbocycles. The Bertz CT molecular complexity index is 785. The van der Waals surface area contributed by atoms with Crippen LogP contribution in [0, 0.1) is 6.92 Å². The molecule has 13 nitrogen and oxygen atoms in total. The number of aryl methyl sites for hydroxylation is 1. The second-order valence-electron chi connectivity index (χ2n) is 4.88. The lowest BCUT2D eigenvalue weighted by molar-refractivity contribution is -0.487. The molecule has 0 fully saturated rings. The average Bonchev–Trinajstić information content (AvgIpc) is 2.47. The molecule has 0 aliphatic carbocycles. The average molecular weight is 415 g/mol. The molecule has 0 saturated heterocycles. The second-order valence-corrected chi connectivity index (χ2v) is 7.36. The molecule has 1 rings (SSSR count). The fourth-order valence-electron chi connectivity index (χ4n) is 1.63. The molecule has 0 aromatic carbocycles. The molecule has 1 aromatic heterocycles. The number of phosphoric acid groups is 2. The predicted molar refractivity (Wildman–Crippen MR) is 83.0 cm³/mol. The van der Waals surface area contributed by atoms with E-state index in [1.807, 2.05) is 0 Å². The van der Waals surface area contributed by atoms with Crippen LogP contribution in [0.4, 0.5) is 0 Å². The third-order valence-electron chi connectivity index (χ3n) is 2.88. The highest BCUT2D eigenvalue weighted by Gasteiger charge is 2.27. The third-order valence-corrected chi connectivity index (χ3v) is 3.83. The van der Waals surface area contributed by atoms with E-state index < -0.39 is 46.6 Å². The van der Waals surface area contributed by atoms with Crippen LogP contribution in [0.15, 0.2) is 6.20 Å². The Morgan fingerprint density at radius 3 is 2.35 bits per heavy atom. The normalized spacial score (nSPS) is 13.9. The number of carboxylic acid groups (broad SMARTS) is 1. The Balaban J connectivity index is 3.12. The number of nitrogens with one attached hydrogen (secondary N) is 1. The summed E-state index contributed by atoms with van der Waals surface area (Å²) in [6.45, 7) is -0.115. The quantitative estimate of drug-likeness (QED) is 0.168. The summed E-state index contributed by atoms with van der Waals surface area (Å²) in [4.78, 5) is 51.9. The van der Waals surface area contributed by atoms with E-state index in [0.717, 1.165) is 12.4 Å². The minimum atomic E-state index is -4.89. The van der Waals surface area contributed by atoms with E-state index in [2.05, 4.69) is 19.0 Å². The number of pyridine rings is 1. The molecule has 0 aliphatic heterocycles. The minimum Gasteiger partial charge on any atom is -0.505 e. The van der Waals surface area contributed by atoms with Crippen molar-refractivity contribution in [2.45, 2.75) is 19.6 Å². The van der Waals surface area contributed by atoms with Gasteiger partial charge >= 0.3 is 21.6 Å². The molecule has 26 heavy (non-hydrogen) atoms. The second kappa shape index (κ2) is 8.80. The van der Waals surface area contributed by atoms with Crippen molar-refractivity contribution in [2.24, 2.45) is 0 Å². The summed E-state index contributed by atoms with van der Waals surface area (Å²) in [6, 6.07) is -1.59. The number of aromatic hydroxyl groups is 1. The molecule has 0 amide bonds. The summed E-state index contributed by atoms with van der Waals surface area (Å²) in [5, 5.41) is 19.1. The topological polar surface area (TPSA) is 218 Å². The van der Waals surface area contributed by atoms with Gasteiger partial charge in [-0.2, -0.15) is 0 Å². The van der Waals surface area contributed by atoms with E-state index in [-0.39, 0.29) is 16.8 Å².